The lowest BCUT2D eigenvalue weighted by atomic mass is 10.1. The van der Waals surface area contributed by atoms with E-state index in [1.165, 1.54) is 38.6 Å². The highest BCUT2D eigenvalue weighted by Crippen LogP contribution is 2.02. The van der Waals surface area contributed by atoms with Crippen molar-refractivity contribution < 1.29 is 0 Å². The molecule has 0 saturated carbocycles. The van der Waals surface area contributed by atoms with Gasteiger partial charge in [-0.3, -0.25) is 0 Å². The second-order valence-corrected chi connectivity index (χ2v) is 5.02. The van der Waals surface area contributed by atoms with Crippen molar-refractivity contribution >= 4 is 9.68 Å². The van der Waals surface area contributed by atoms with Crippen molar-refractivity contribution in [3.8, 4) is 0 Å². The molecule has 0 atom stereocenters. The summed E-state index contributed by atoms with van der Waals surface area (Å²) in [5.41, 5.74) is 0. The van der Waals surface area contributed by atoms with Gasteiger partial charge in [-0.15, -0.1) is 0 Å². The number of nitrogens with zero attached hydrogens (tertiary/aromatic N) is 1. The van der Waals surface area contributed by atoms with Crippen molar-refractivity contribution in [1.29, 1.82) is 0 Å². The lowest BCUT2D eigenvalue weighted by Gasteiger charge is -2.12. The van der Waals surface area contributed by atoms with E-state index in [-0.39, 0.29) is 9.68 Å². The number of hydrogen-bond donors (Lipinski definition) is 0. The second-order valence-electron chi connectivity index (χ2n) is 3.31. The molecule has 0 saturated heterocycles. The van der Waals surface area contributed by atoms with E-state index in [2.05, 4.69) is 25.1 Å². The normalized spacial score (nSPS) is 12.0. The second kappa shape index (κ2) is 8.28. The minimum atomic E-state index is 0.132. The molecule has 11 heavy (non-hydrogen) atoms. The molecule has 0 aromatic heterocycles. The highest BCUT2D eigenvalue weighted by atomic mass is 28.2. The monoisotopic (exact) mass is 173 g/mol. The van der Waals surface area contributed by atoms with Crippen molar-refractivity contribution in [2.45, 2.75) is 45.6 Å². The van der Waals surface area contributed by atoms with Crippen LogP contribution in [0.5, 0.6) is 0 Å². The largest absolute Gasteiger partial charge is 0.332 e. The smallest absolute Gasteiger partial charge is 0.0916 e. The predicted molar refractivity (Wildman–Crippen MR) is 55.8 cm³/mol. The summed E-state index contributed by atoms with van der Waals surface area (Å²) in [5, 5.41) is 0. The van der Waals surface area contributed by atoms with Crippen molar-refractivity contribution in [3.05, 3.63) is 0 Å². The Morgan fingerprint density at radius 3 is 2.27 bits per heavy atom. The summed E-state index contributed by atoms with van der Waals surface area (Å²) < 4.78 is 2.52. The summed E-state index contributed by atoms with van der Waals surface area (Å²) >= 11 is 0. The van der Waals surface area contributed by atoms with Gasteiger partial charge in [-0.25, -0.2) is 0 Å². The summed E-state index contributed by atoms with van der Waals surface area (Å²) in [5.74, 6) is 0. The van der Waals surface area contributed by atoms with Crippen LogP contribution in [0, 0.1) is 0 Å². The highest BCUT2D eigenvalue weighted by molar-refractivity contribution is 6.29. The van der Waals surface area contributed by atoms with Crippen LogP contribution in [0.4, 0.5) is 0 Å². The summed E-state index contributed by atoms with van der Waals surface area (Å²) in [6, 6.07) is 0. The van der Waals surface area contributed by atoms with Crippen molar-refractivity contribution in [2.75, 3.05) is 13.6 Å². The Morgan fingerprint density at radius 1 is 1.09 bits per heavy atom. The van der Waals surface area contributed by atoms with Gasteiger partial charge in [0, 0.05) is 0 Å². The number of hydrogen-bond acceptors (Lipinski definition) is 1. The predicted octanol–water partition coefficient (Wildman–Crippen LogP) is 2.02. The molecule has 2 heteroatoms. The molecule has 0 aliphatic carbocycles. The summed E-state index contributed by atoms with van der Waals surface area (Å²) in [6.45, 7) is 5.96. The molecule has 0 unspecified atom stereocenters. The van der Waals surface area contributed by atoms with Crippen LogP contribution in [0.3, 0.4) is 0 Å². The van der Waals surface area contributed by atoms with Crippen LogP contribution in [0.1, 0.15) is 39.0 Å². The van der Waals surface area contributed by atoms with E-state index < -0.39 is 0 Å². The van der Waals surface area contributed by atoms with Crippen LogP contribution in [0.2, 0.25) is 6.55 Å². The zero-order chi connectivity index (χ0) is 8.53. The molecule has 0 amide bonds. The quantitative estimate of drug-likeness (QED) is 0.420. The van der Waals surface area contributed by atoms with Crippen LogP contribution >= 0.6 is 0 Å². The van der Waals surface area contributed by atoms with Crippen LogP contribution in [-0.4, -0.2) is 27.8 Å². The third-order valence-corrected chi connectivity index (χ3v) is 3.58. The molecule has 0 spiro atoms. The number of rotatable bonds is 7. The number of unbranched alkanes of at least 4 members (excludes halogenated alkanes) is 4. The zero-order valence-electron chi connectivity index (χ0n) is 8.40. The third kappa shape index (κ3) is 8.08. The minimum Gasteiger partial charge on any atom is -0.332 e. The molecule has 1 nitrogen and oxygen atoms in total. The Bertz CT molecular complexity index is 76.0. The lowest BCUT2D eigenvalue weighted by Crippen LogP contribution is -2.21. The molecule has 0 heterocycles. The molecular weight excluding hydrogens is 150 g/mol. The van der Waals surface area contributed by atoms with Gasteiger partial charge in [0.1, 0.15) is 0 Å². The summed E-state index contributed by atoms with van der Waals surface area (Å²) in [4.78, 5) is 0. The Kier molecular flexibility index (Phi) is 8.41. The molecule has 68 valence electrons. The topological polar surface area (TPSA) is 3.24 Å². The van der Waals surface area contributed by atoms with Crippen LogP contribution in [0.15, 0.2) is 0 Å². The summed E-state index contributed by atoms with van der Waals surface area (Å²) in [6.07, 6.45) is 7.07. The van der Waals surface area contributed by atoms with Gasteiger partial charge in [0.25, 0.3) is 0 Å². The average Bonchev–Trinajstić information content (AvgIpc) is 2.04. The van der Waals surface area contributed by atoms with Crippen LogP contribution in [-0.2, 0) is 0 Å². The summed E-state index contributed by atoms with van der Waals surface area (Å²) in [7, 11) is 2.39. The SMILES string of the molecule is CCCCCCCN(C)[SiH2]C. The van der Waals surface area contributed by atoms with Crippen molar-refractivity contribution in [2.24, 2.45) is 0 Å². The van der Waals surface area contributed by atoms with E-state index in [4.69, 9.17) is 0 Å². The van der Waals surface area contributed by atoms with E-state index in [1.54, 1.807) is 0 Å². The Balaban J connectivity index is 2.89. The fourth-order valence-corrected chi connectivity index (χ4v) is 1.68. The first-order valence-corrected chi connectivity index (χ1v) is 7.04. The Hall–Kier alpha value is 0.177. The average molecular weight is 173 g/mol. The van der Waals surface area contributed by atoms with Gasteiger partial charge in [0.05, 0.1) is 9.68 Å². The van der Waals surface area contributed by atoms with Crippen LogP contribution in [0.25, 0.3) is 0 Å². The van der Waals surface area contributed by atoms with E-state index in [1.807, 2.05) is 0 Å². The van der Waals surface area contributed by atoms with Gasteiger partial charge < -0.3 is 4.57 Å². The first-order valence-electron chi connectivity index (χ1n) is 4.99. The van der Waals surface area contributed by atoms with E-state index in [9.17, 15) is 0 Å². The van der Waals surface area contributed by atoms with Gasteiger partial charge in [-0.05, 0) is 20.0 Å². The van der Waals surface area contributed by atoms with Gasteiger partial charge >= 0.3 is 0 Å². The molecule has 0 aromatic carbocycles. The molecule has 0 rings (SSSR count). The van der Waals surface area contributed by atoms with E-state index in [0.29, 0.717) is 0 Å². The van der Waals surface area contributed by atoms with Crippen LogP contribution < -0.4 is 0 Å². The van der Waals surface area contributed by atoms with Gasteiger partial charge in [-0.2, -0.15) is 0 Å². The van der Waals surface area contributed by atoms with Gasteiger partial charge in [0.15, 0.2) is 0 Å². The molecular formula is C9H23NSi. The molecule has 0 fully saturated rings. The van der Waals surface area contributed by atoms with E-state index in [0.717, 1.165) is 0 Å². The Morgan fingerprint density at radius 2 is 1.73 bits per heavy atom. The standard InChI is InChI=1S/C9H23NSi/c1-4-5-6-7-8-9-10(2)11-3/h4-9,11H2,1-3H3. The first-order chi connectivity index (χ1) is 5.31. The van der Waals surface area contributed by atoms with Crippen molar-refractivity contribution in [1.82, 2.24) is 4.57 Å². The molecule has 0 aromatic rings. The maximum absolute atomic E-state index is 2.52. The highest BCUT2D eigenvalue weighted by Gasteiger charge is 1.93. The minimum absolute atomic E-state index is 0.132. The maximum atomic E-state index is 2.52. The lowest BCUT2D eigenvalue weighted by molar-refractivity contribution is 0.491. The van der Waals surface area contributed by atoms with E-state index >= 15 is 0 Å². The molecule has 0 aliphatic heterocycles. The molecule has 0 bridgehead atoms. The third-order valence-electron chi connectivity index (χ3n) is 2.18. The zero-order valence-corrected chi connectivity index (χ0v) is 9.81. The Labute approximate surface area is 74.1 Å². The first kappa shape index (κ1) is 11.2. The molecule has 0 aliphatic rings. The maximum Gasteiger partial charge on any atom is 0.0916 e. The fourth-order valence-electron chi connectivity index (χ4n) is 1.14. The fraction of sp³-hybridized carbons (Fsp3) is 1.00. The molecule has 0 radical (unpaired) electrons. The molecule has 0 N–H and O–H groups in total. The van der Waals surface area contributed by atoms with Gasteiger partial charge in [-0.1, -0.05) is 39.2 Å². The van der Waals surface area contributed by atoms with Gasteiger partial charge in [0.2, 0.25) is 0 Å². The van der Waals surface area contributed by atoms with Crippen molar-refractivity contribution in [3.63, 3.8) is 0 Å².